The Morgan fingerprint density at radius 2 is 0.889 bits per heavy atom. The summed E-state index contributed by atoms with van der Waals surface area (Å²) < 4.78 is 15.8. The van der Waals surface area contributed by atoms with Gasteiger partial charge >= 0.3 is 0 Å². The molecular formula is C57H34N4O2. The summed E-state index contributed by atoms with van der Waals surface area (Å²) in [5.41, 5.74) is 13.5. The third kappa shape index (κ3) is 5.62. The average molecular weight is 807 g/mol. The quantitative estimate of drug-likeness (QED) is 0.167. The Morgan fingerprint density at radius 3 is 1.67 bits per heavy atom. The van der Waals surface area contributed by atoms with Crippen LogP contribution in [0.3, 0.4) is 0 Å². The maximum Gasteiger partial charge on any atom is 0.164 e. The van der Waals surface area contributed by atoms with Crippen LogP contribution in [0.15, 0.2) is 215 Å². The van der Waals surface area contributed by atoms with Crippen molar-refractivity contribution in [3.05, 3.63) is 206 Å². The summed E-state index contributed by atoms with van der Waals surface area (Å²) in [4.78, 5) is 15.5. The maximum absolute atomic E-state index is 6.92. The van der Waals surface area contributed by atoms with Crippen molar-refractivity contribution in [1.82, 2.24) is 19.5 Å². The Balaban J connectivity index is 0.995. The van der Waals surface area contributed by atoms with Gasteiger partial charge in [-0.25, -0.2) is 15.0 Å². The predicted molar refractivity (Wildman–Crippen MR) is 256 cm³/mol. The fourth-order valence-electron chi connectivity index (χ4n) is 9.40. The van der Waals surface area contributed by atoms with Crippen molar-refractivity contribution in [3.63, 3.8) is 0 Å². The van der Waals surface area contributed by atoms with E-state index in [9.17, 15) is 0 Å². The molecule has 0 spiro atoms. The van der Waals surface area contributed by atoms with Crippen molar-refractivity contribution < 1.29 is 8.83 Å². The second-order valence-corrected chi connectivity index (χ2v) is 15.9. The molecule has 4 heterocycles. The molecule has 294 valence electrons. The molecule has 0 aliphatic carbocycles. The third-order valence-electron chi connectivity index (χ3n) is 12.3. The van der Waals surface area contributed by atoms with E-state index in [1.54, 1.807) is 0 Å². The fourth-order valence-corrected chi connectivity index (χ4v) is 9.40. The Hall–Kier alpha value is -8.61. The molecule has 0 radical (unpaired) electrons. The molecular weight excluding hydrogens is 773 g/mol. The average Bonchev–Trinajstić information content (AvgIpc) is 4.04. The monoisotopic (exact) mass is 806 g/mol. The summed E-state index contributed by atoms with van der Waals surface area (Å²) in [6, 6.07) is 71.4. The molecule has 0 bridgehead atoms. The molecule has 6 nitrogen and oxygen atoms in total. The lowest BCUT2D eigenvalue weighted by atomic mass is 9.99. The summed E-state index contributed by atoms with van der Waals surface area (Å²) in [5.74, 6) is 1.69. The van der Waals surface area contributed by atoms with Gasteiger partial charge in [0.15, 0.2) is 23.1 Å². The van der Waals surface area contributed by atoms with E-state index in [4.69, 9.17) is 23.8 Å². The van der Waals surface area contributed by atoms with Crippen LogP contribution in [0.5, 0.6) is 0 Å². The van der Waals surface area contributed by atoms with Crippen molar-refractivity contribution >= 4 is 65.7 Å². The first-order valence-electron chi connectivity index (χ1n) is 21.1. The summed E-state index contributed by atoms with van der Waals surface area (Å²) in [6.07, 6.45) is 0. The van der Waals surface area contributed by atoms with Crippen molar-refractivity contribution in [2.24, 2.45) is 0 Å². The first-order chi connectivity index (χ1) is 31.2. The van der Waals surface area contributed by atoms with Gasteiger partial charge in [0, 0.05) is 49.0 Å². The van der Waals surface area contributed by atoms with E-state index in [0.717, 1.165) is 88.4 Å². The normalized spacial score (nSPS) is 11.8. The number of aromatic nitrogens is 4. The van der Waals surface area contributed by atoms with E-state index in [0.29, 0.717) is 17.5 Å². The van der Waals surface area contributed by atoms with Crippen LogP contribution >= 0.6 is 0 Å². The smallest absolute Gasteiger partial charge is 0.164 e. The van der Waals surface area contributed by atoms with Gasteiger partial charge < -0.3 is 13.4 Å². The molecule has 4 aromatic heterocycles. The number of furan rings is 2. The number of para-hydroxylation sites is 2. The third-order valence-corrected chi connectivity index (χ3v) is 12.3. The lowest BCUT2D eigenvalue weighted by molar-refractivity contribution is 0.666. The summed E-state index contributed by atoms with van der Waals surface area (Å²) in [5, 5.41) is 6.41. The van der Waals surface area contributed by atoms with Gasteiger partial charge in [0.2, 0.25) is 0 Å². The van der Waals surface area contributed by atoms with Gasteiger partial charge in [0.05, 0.1) is 16.7 Å². The topological polar surface area (TPSA) is 69.9 Å². The van der Waals surface area contributed by atoms with E-state index in [1.807, 2.05) is 54.6 Å². The van der Waals surface area contributed by atoms with Crippen molar-refractivity contribution in [2.75, 3.05) is 0 Å². The highest BCUT2D eigenvalue weighted by atomic mass is 16.3. The van der Waals surface area contributed by atoms with Crippen LogP contribution in [0.25, 0.3) is 128 Å². The van der Waals surface area contributed by atoms with Gasteiger partial charge in [-0.2, -0.15) is 0 Å². The van der Waals surface area contributed by atoms with E-state index in [-0.39, 0.29) is 0 Å². The highest BCUT2D eigenvalue weighted by Gasteiger charge is 2.23. The molecule has 0 atom stereocenters. The van der Waals surface area contributed by atoms with Gasteiger partial charge in [-0.15, -0.1) is 0 Å². The van der Waals surface area contributed by atoms with Gasteiger partial charge in [0.1, 0.15) is 16.7 Å². The minimum Gasteiger partial charge on any atom is -0.456 e. The molecule has 0 aliphatic heterocycles. The molecule has 63 heavy (non-hydrogen) atoms. The van der Waals surface area contributed by atoms with Crippen LogP contribution in [0, 0.1) is 0 Å². The molecule has 0 saturated heterocycles. The zero-order chi connectivity index (χ0) is 41.4. The van der Waals surface area contributed by atoms with Crippen LogP contribution in [0.1, 0.15) is 0 Å². The summed E-state index contributed by atoms with van der Waals surface area (Å²) in [7, 11) is 0. The Kier molecular flexibility index (Phi) is 7.80. The molecule has 0 amide bonds. The van der Waals surface area contributed by atoms with Gasteiger partial charge in [0.25, 0.3) is 0 Å². The molecule has 0 saturated carbocycles. The van der Waals surface area contributed by atoms with Crippen LogP contribution in [-0.4, -0.2) is 19.5 Å². The van der Waals surface area contributed by atoms with Gasteiger partial charge in [-0.1, -0.05) is 158 Å². The predicted octanol–water partition coefficient (Wildman–Crippen LogP) is 15.1. The molecule has 13 aromatic rings. The zero-order valence-electron chi connectivity index (χ0n) is 33.7. The second kappa shape index (κ2) is 14.0. The number of hydrogen-bond donors (Lipinski definition) is 0. The van der Waals surface area contributed by atoms with Crippen molar-refractivity contribution in [3.8, 4) is 62.1 Å². The summed E-state index contributed by atoms with van der Waals surface area (Å²) >= 11 is 0. The number of nitrogens with zero attached hydrogens (tertiary/aromatic N) is 4. The highest BCUT2D eigenvalue weighted by Crippen LogP contribution is 2.43. The molecule has 0 N–H and O–H groups in total. The van der Waals surface area contributed by atoms with E-state index in [2.05, 4.69) is 156 Å². The van der Waals surface area contributed by atoms with Gasteiger partial charge in [-0.3, -0.25) is 0 Å². The maximum atomic E-state index is 6.92. The van der Waals surface area contributed by atoms with Crippen LogP contribution in [0.2, 0.25) is 0 Å². The minimum absolute atomic E-state index is 0.552. The number of hydrogen-bond acceptors (Lipinski definition) is 5. The van der Waals surface area contributed by atoms with E-state index in [1.165, 1.54) is 21.9 Å². The van der Waals surface area contributed by atoms with Crippen LogP contribution < -0.4 is 0 Å². The standard InChI is InChI=1S/C57H34N4O2/c1-4-15-35(16-5-1)38-29-31-41-42-32-30-39(34-51(42)62-50(41)33-38)56-58-55(37-19-8-3-9-20-37)59-57(60-56)45-24-14-28-49-53(45)44-23-13-27-48(54(44)63-49)61-46-25-11-10-21-43(46)52-40(22-12-26-47(52)61)36-17-6-2-7-18-36/h1-34H. The second-order valence-electron chi connectivity index (χ2n) is 15.9. The lowest BCUT2D eigenvalue weighted by Crippen LogP contribution is -2.00. The van der Waals surface area contributed by atoms with Crippen LogP contribution in [-0.2, 0) is 0 Å². The lowest BCUT2D eigenvalue weighted by Gasteiger charge is -2.10. The summed E-state index contributed by atoms with van der Waals surface area (Å²) in [6.45, 7) is 0. The molecule has 13 rings (SSSR count). The Labute approximate surface area is 361 Å². The number of fused-ring (bicyclic) bond motifs is 9. The molecule has 9 aromatic carbocycles. The fraction of sp³-hybridized carbons (Fsp3) is 0. The Morgan fingerprint density at radius 1 is 0.317 bits per heavy atom. The number of rotatable bonds is 6. The highest BCUT2D eigenvalue weighted by molar-refractivity contribution is 6.18. The zero-order valence-corrected chi connectivity index (χ0v) is 33.7. The van der Waals surface area contributed by atoms with E-state index >= 15 is 0 Å². The molecule has 0 unspecified atom stereocenters. The minimum atomic E-state index is 0.552. The first-order valence-corrected chi connectivity index (χ1v) is 21.1. The largest absolute Gasteiger partial charge is 0.456 e. The van der Waals surface area contributed by atoms with Crippen molar-refractivity contribution in [2.45, 2.75) is 0 Å². The number of benzene rings is 9. The van der Waals surface area contributed by atoms with E-state index < -0.39 is 0 Å². The first kappa shape index (κ1) is 35.2. The molecule has 0 aliphatic rings. The molecule has 6 heteroatoms. The van der Waals surface area contributed by atoms with Crippen LogP contribution in [0.4, 0.5) is 0 Å². The molecule has 0 fully saturated rings. The SMILES string of the molecule is c1ccc(-c2ccc3c(c2)oc2cc(-c4nc(-c5ccccc5)nc(-c5cccc6oc7c(-n8c9ccccc9c9c(-c%10ccccc%10)cccc98)cccc7c56)n4)ccc23)cc1. The van der Waals surface area contributed by atoms with Gasteiger partial charge in [-0.05, 0) is 70.8 Å². The Bertz CT molecular complexity index is 3900. The van der Waals surface area contributed by atoms with Crippen molar-refractivity contribution in [1.29, 1.82) is 0 Å².